The van der Waals surface area contributed by atoms with E-state index in [4.69, 9.17) is 0 Å². The third-order valence-electron chi connectivity index (χ3n) is 4.06. The van der Waals surface area contributed by atoms with Crippen molar-refractivity contribution < 1.29 is 0 Å². The van der Waals surface area contributed by atoms with Crippen LogP contribution < -0.4 is 10.2 Å². The van der Waals surface area contributed by atoms with Crippen molar-refractivity contribution in [3.8, 4) is 5.82 Å². The summed E-state index contributed by atoms with van der Waals surface area (Å²) in [6.45, 7) is 0.838. The van der Waals surface area contributed by atoms with Crippen molar-refractivity contribution >= 4 is 11.6 Å². The van der Waals surface area contributed by atoms with Gasteiger partial charge in [0.2, 0.25) is 5.95 Å². The number of aromatic nitrogens is 4. The van der Waals surface area contributed by atoms with Crippen LogP contribution in [0.2, 0.25) is 0 Å². The molecule has 6 nitrogen and oxygen atoms in total. The molecule has 24 heavy (non-hydrogen) atoms. The van der Waals surface area contributed by atoms with Gasteiger partial charge >= 0.3 is 0 Å². The first-order chi connectivity index (χ1) is 11.8. The van der Waals surface area contributed by atoms with E-state index in [9.17, 15) is 0 Å². The van der Waals surface area contributed by atoms with E-state index in [-0.39, 0.29) is 0 Å². The Kier molecular flexibility index (Phi) is 3.86. The summed E-state index contributed by atoms with van der Waals surface area (Å²) in [5, 5.41) is 7.76. The van der Waals surface area contributed by atoms with Gasteiger partial charge in [-0.1, -0.05) is 30.3 Å². The molecule has 0 spiro atoms. The maximum absolute atomic E-state index is 4.54. The molecule has 4 rings (SSSR count). The molecule has 0 bridgehead atoms. The fraction of sp³-hybridized carbons (Fsp3) is 0.278. The van der Waals surface area contributed by atoms with E-state index in [0.717, 1.165) is 18.1 Å². The molecule has 0 radical (unpaired) electrons. The monoisotopic (exact) mass is 320 g/mol. The number of hydrogen-bond donors (Lipinski definition) is 1. The molecular weight excluding hydrogens is 300 g/mol. The number of rotatable bonds is 6. The number of benzene rings is 1. The zero-order valence-electron chi connectivity index (χ0n) is 13.6. The molecule has 1 N–H and O–H groups in total. The Balaban J connectivity index is 1.49. The molecule has 0 saturated heterocycles. The molecule has 2 heterocycles. The molecule has 0 aliphatic heterocycles. The van der Waals surface area contributed by atoms with Gasteiger partial charge in [0.05, 0.1) is 18.1 Å². The van der Waals surface area contributed by atoms with E-state index in [1.54, 1.807) is 10.9 Å². The quantitative estimate of drug-likeness (QED) is 0.757. The van der Waals surface area contributed by atoms with E-state index in [0.29, 0.717) is 12.0 Å². The lowest BCUT2D eigenvalue weighted by Crippen LogP contribution is -2.15. The van der Waals surface area contributed by atoms with Crippen LogP contribution in [0.4, 0.5) is 11.6 Å². The number of nitrogens with one attached hydrogen (secondary N) is 1. The van der Waals surface area contributed by atoms with E-state index in [1.807, 2.05) is 24.5 Å². The lowest BCUT2D eigenvalue weighted by molar-refractivity contribution is 0.837. The predicted octanol–water partition coefficient (Wildman–Crippen LogP) is 2.87. The topological polar surface area (TPSA) is 58.9 Å². The van der Waals surface area contributed by atoms with Gasteiger partial charge < -0.3 is 10.2 Å². The van der Waals surface area contributed by atoms with Gasteiger partial charge in [0.25, 0.3) is 0 Å². The first kappa shape index (κ1) is 14.7. The van der Waals surface area contributed by atoms with Crippen LogP contribution in [-0.2, 0) is 6.54 Å². The van der Waals surface area contributed by atoms with Crippen molar-refractivity contribution in [1.82, 2.24) is 19.7 Å². The summed E-state index contributed by atoms with van der Waals surface area (Å²) in [5.41, 5.74) is 2.32. The predicted molar refractivity (Wildman–Crippen MR) is 94.3 cm³/mol. The molecule has 0 amide bonds. The average molecular weight is 320 g/mol. The summed E-state index contributed by atoms with van der Waals surface area (Å²) in [6.07, 6.45) is 8.01. The Hall–Kier alpha value is -2.89. The maximum Gasteiger partial charge on any atom is 0.224 e. The largest absolute Gasteiger partial charge is 0.368 e. The van der Waals surface area contributed by atoms with Gasteiger partial charge in [-0.15, -0.1) is 0 Å². The smallest absolute Gasteiger partial charge is 0.224 e. The molecule has 1 fully saturated rings. The van der Waals surface area contributed by atoms with Crippen LogP contribution in [0.5, 0.6) is 0 Å². The number of anilines is 2. The molecule has 6 heteroatoms. The van der Waals surface area contributed by atoms with Gasteiger partial charge in [-0.2, -0.15) is 10.1 Å². The average Bonchev–Trinajstić information content (AvgIpc) is 3.27. The third-order valence-corrected chi connectivity index (χ3v) is 4.06. The second kappa shape index (κ2) is 6.31. The van der Waals surface area contributed by atoms with Gasteiger partial charge in [-0.25, -0.2) is 9.67 Å². The third kappa shape index (κ3) is 3.37. The van der Waals surface area contributed by atoms with E-state index in [2.05, 4.69) is 56.6 Å². The Morgan fingerprint density at radius 3 is 2.83 bits per heavy atom. The highest BCUT2D eigenvalue weighted by Crippen LogP contribution is 2.23. The van der Waals surface area contributed by atoms with E-state index >= 15 is 0 Å². The van der Waals surface area contributed by atoms with Crippen LogP contribution in [0.25, 0.3) is 5.82 Å². The van der Waals surface area contributed by atoms with Crippen LogP contribution in [0.1, 0.15) is 18.4 Å². The summed E-state index contributed by atoms with van der Waals surface area (Å²) in [6, 6.07) is 12.8. The fourth-order valence-corrected chi connectivity index (χ4v) is 2.54. The van der Waals surface area contributed by atoms with Crippen molar-refractivity contribution in [2.24, 2.45) is 0 Å². The summed E-state index contributed by atoms with van der Waals surface area (Å²) in [5.74, 6) is 1.44. The van der Waals surface area contributed by atoms with Gasteiger partial charge in [0.15, 0.2) is 5.82 Å². The standard InChI is InChI=1S/C18H20N6/c1-23(12-14-5-3-2-4-6-14)16-11-20-24(13-16)17-9-10-19-18(22-17)21-15-7-8-15/h2-6,9-11,13,15H,7-8,12H2,1H3,(H,19,21,22). The van der Waals surface area contributed by atoms with Crippen LogP contribution in [0.15, 0.2) is 55.0 Å². The zero-order chi connectivity index (χ0) is 16.4. The second-order valence-electron chi connectivity index (χ2n) is 6.14. The maximum atomic E-state index is 4.54. The van der Waals surface area contributed by atoms with Crippen molar-refractivity contribution in [1.29, 1.82) is 0 Å². The molecule has 1 saturated carbocycles. The minimum atomic E-state index is 0.533. The molecule has 0 atom stereocenters. The molecule has 122 valence electrons. The summed E-state index contributed by atoms with van der Waals surface area (Å²) >= 11 is 0. The molecule has 2 aromatic heterocycles. The lowest BCUT2D eigenvalue weighted by Gasteiger charge is -2.16. The van der Waals surface area contributed by atoms with Crippen molar-refractivity contribution in [3.05, 3.63) is 60.6 Å². The highest BCUT2D eigenvalue weighted by Gasteiger charge is 2.22. The molecule has 3 aromatic rings. The van der Waals surface area contributed by atoms with Crippen molar-refractivity contribution in [2.45, 2.75) is 25.4 Å². The fourth-order valence-electron chi connectivity index (χ4n) is 2.54. The summed E-state index contributed by atoms with van der Waals surface area (Å²) < 4.78 is 1.79. The van der Waals surface area contributed by atoms with Gasteiger partial charge in [-0.05, 0) is 18.4 Å². The molecular formula is C18H20N6. The van der Waals surface area contributed by atoms with Crippen LogP contribution in [-0.4, -0.2) is 32.8 Å². The normalized spacial score (nSPS) is 13.7. The lowest BCUT2D eigenvalue weighted by atomic mass is 10.2. The first-order valence-electron chi connectivity index (χ1n) is 8.17. The molecule has 1 aromatic carbocycles. The number of nitrogens with zero attached hydrogens (tertiary/aromatic N) is 5. The van der Waals surface area contributed by atoms with Crippen molar-refractivity contribution in [3.63, 3.8) is 0 Å². The minimum absolute atomic E-state index is 0.533. The van der Waals surface area contributed by atoms with Crippen LogP contribution in [0, 0.1) is 0 Å². The highest BCUT2D eigenvalue weighted by molar-refractivity contribution is 5.44. The van der Waals surface area contributed by atoms with E-state index < -0.39 is 0 Å². The second-order valence-corrected chi connectivity index (χ2v) is 6.14. The molecule has 1 aliphatic rings. The molecule has 0 unspecified atom stereocenters. The molecule has 1 aliphatic carbocycles. The Morgan fingerprint density at radius 1 is 1.21 bits per heavy atom. The SMILES string of the molecule is CN(Cc1ccccc1)c1cnn(-c2ccnc(NC3CC3)n2)c1. The van der Waals surface area contributed by atoms with E-state index in [1.165, 1.54) is 18.4 Å². The zero-order valence-corrected chi connectivity index (χ0v) is 13.6. The Bertz CT molecular complexity index is 809. The highest BCUT2D eigenvalue weighted by atomic mass is 15.3. The summed E-state index contributed by atoms with van der Waals surface area (Å²) in [4.78, 5) is 11.0. The van der Waals surface area contributed by atoms with Crippen LogP contribution in [0.3, 0.4) is 0 Å². The first-order valence-corrected chi connectivity index (χ1v) is 8.17. The minimum Gasteiger partial charge on any atom is -0.368 e. The summed E-state index contributed by atoms with van der Waals surface area (Å²) in [7, 11) is 2.06. The Labute approximate surface area is 141 Å². The number of hydrogen-bond acceptors (Lipinski definition) is 5. The van der Waals surface area contributed by atoms with Gasteiger partial charge in [0.1, 0.15) is 0 Å². The van der Waals surface area contributed by atoms with Crippen LogP contribution >= 0.6 is 0 Å². The Morgan fingerprint density at radius 2 is 2.04 bits per heavy atom. The van der Waals surface area contributed by atoms with Crippen molar-refractivity contribution in [2.75, 3.05) is 17.3 Å². The van der Waals surface area contributed by atoms with Gasteiger partial charge in [-0.3, -0.25) is 0 Å². The van der Waals surface area contributed by atoms with Gasteiger partial charge in [0, 0.05) is 31.9 Å².